The number of piperidine rings is 1. The Kier molecular flexibility index (Phi) is 8.26. The fraction of sp³-hybridized carbons (Fsp3) is 0.800. The van der Waals surface area contributed by atoms with Gasteiger partial charge in [-0.3, -0.25) is 4.90 Å². The summed E-state index contributed by atoms with van der Waals surface area (Å²) in [4.78, 5) is 6.94. The number of hydrogen-bond donors (Lipinski definition) is 1. The molecule has 2 unspecified atom stereocenters. The van der Waals surface area contributed by atoms with Gasteiger partial charge in [0.05, 0.1) is 12.2 Å². The summed E-state index contributed by atoms with van der Waals surface area (Å²) in [5.74, 6) is 1.82. The van der Waals surface area contributed by atoms with E-state index in [-0.39, 0.29) is 36.3 Å². The molecule has 4 nitrogen and oxygen atoms in total. The van der Waals surface area contributed by atoms with Crippen LogP contribution in [0, 0.1) is 0 Å². The smallest absolute Gasteiger partial charge is 0.211 e. The number of nitrogens with one attached hydrogen (secondary N) is 1. The Hall–Kier alpha value is -0.290. The molecule has 1 aromatic heterocycles. The molecular weight excluding hydrogens is 309 g/mol. The van der Waals surface area contributed by atoms with Crippen LogP contribution in [0.15, 0.2) is 10.6 Å². The van der Waals surface area contributed by atoms with Gasteiger partial charge in [-0.05, 0) is 33.4 Å². The second kappa shape index (κ2) is 8.37. The van der Waals surface area contributed by atoms with Crippen LogP contribution in [0.1, 0.15) is 58.2 Å². The average Bonchev–Trinajstić information content (AvgIpc) is 2.87. The van der Waals surface area contributed by atoms with Crippen LogP contribution in [0.4, 0.5) is 0 Å². The second-order valence-corrected chi connectivity index (χ2v) is 6.61. The highest BCUT2D eigenvalue weighted by Gasteiger charge is 2.27. The van der Waals surface area contributed by atoms with Crippen LogP contribution in [-0.4, -0.2) is 36.1 Å². The van der Waals surface area contributed by atoms with Gasteiger partial charge in [-0.1, -0.05) is 20.8 Å². The third kappa shape index (κ3) is 5.13. The van der Waals surface area contributed by atoms with Gasteiger partial charge in [0, 0.05) is 18.0 Å². The van der Waals surface area contributed by atoms with Gasteiger partial charge in [-0.15, -0.1) is 24.8 Å². The van der Waals surface area contributed by atoms with Crippen LogP contribution in [-0.2, 0) is 5.41 Å². The monoisotopic (exact) mass is 337 g/mol. The SMILES string of the molecule is CNC1CCCN(C(C)c2ncc(C(C)(C)C)o2)C1.Cl.Cl. The summed E-state index contributed by atoms with van der Waals surface area (Å²) >= 11 is 0. The number of halogens is 2. The third-order valence-corrected chi connectivity index (χ3v) is 4.03. The van der Waals surface area contributed by atoms with Gasteiger partial charge in [-0.25, -0.2) is 4.98 Å². The van der Waals surface area contributed by atoms with Crippen LogP contribution < -0.4 is 5.32 Å². The normalized spacial score (nSPS) is 21.3. The van der Waals surface area contributed by atoms with Crippen LogP contribution >= 0.6 is 24.8 Å². The lowest BCUT2D eigenvalue weighted by Crippen LogP contribution is -2.45. The topological polar surface area (TPSA) is 41.3 Å². The molecule has 2 heterocycles. The number of rotatable bonds is 3. The Morgan fingerprint density at radius 3 is 2.57 bits per heavy atom. The van der Waals surface area contributed by atoms with E-state index < -0.39 is 0 Å². The fourth-order valence-corrected chi connectivity index (χ4v) is 2.58. The first-order valence-corrected chi connectivity index (χ1v) is 7.29. The molecule has 0 radical (unpaired) electrons. The molecule has 0 amide bonds. The number of hydrogen-bond acceptors (Lipinski definition) is 4. The van der Waals surface area contributed by atoms with E-state index in [2.05, 4.69) is 42.9 Å². The summed E-state index contributed by atoms with van der Waals surface area (Å²) in [6.45, 7) is 10.9. The summed E-state index contributed by atoms with van der Waals surface area (Å²) in [5, 5.41) is 3.38. The van der Waals surface area contributed by atoms with E-state index >= 15 is 0 Å². The predicted octanol–water partition coefficient (Wildman–Crippen LogP) is 3.56. The third-order valence-electron chi connectivity index (χ3n) is 4.03. The molecule has 0 aromatic carbocycles. The highest BCUT2D eigenvalue weighted by Crippen LogP contribution is 2.28. The summed E-state index contributed by atoms with van der Waals surface area (Å²) in [6.07, 6.45) is 4.38. The Labute approximate surface area is 140 Å². The molecule has 1 N–H and O–H groups in total. The summed E-state index contributed by atoms with van der Waals surface area (Å²) < 4.78 is 5.96. The lowest BCUT2D eigenvalue weighted by molar-refractivity contribution is 0.129. The summed E-state index contributed by atoms with van der Waals surface area (Å²) in [5.41, 5.74) is 0.0282. The molecule has 124 valence electrons. The summed E-state index contributed by atoms with van der Waals surface area (Å²) in [6, 6.07) is 0.848. The number of likely N-dealkylation sites (tertiary alicyclic amines) is 1. The zero-order chi connectivity index (χ0) is 14.0. The second-order valence-electron chi connectivity index (χ2n) is 6.61. The number of oxazole rings is 1. The zero-order valence-corrected chi connectivity index (χ0v) is 15.3. The highest BCUT2D eigenvalue weighted by molar-refractivity contribution is 5.85. The maximum absolute atomic E-state index is 5.96. The van der Waals surface area contributed by atoms with E-state index in [1.807, 2.05) is 13.2 Å². The molecule has 0 aliphatic carbocycles. The molecule has 1 aliphatic heterocycles. The molecule has 1 saturated heterocycles. The quantitative estimate of drug-likeness (QED) is 0.915. The van der Waals surface area contributed by atoms with Crippen molar-refractivity contribution in [2.75, 3.05) is 20.1 Å². The van der Waals surface area contributed by atoms with E-state index in [1.54, 1.807) is 0 Å². The first-order chi connectivity index (χ1) is 8.91. The lowest BCUT2D eigenvalue weighted by Gasteiger charge is -2.35. The number of aromatic nitrogens is 1. The fourth-order valence-electron chi connectivity index (χ4n) is 2.58. The molecule has 6 heteroatoms. The maximum Gasteiger partial charge on any atom is 0.211 e. The van der Waals surface area contributed by atoms with Crippen molar-refractivity contribution in [1.82, 2.24) is 15.2 Å². The van der Waals surface area contributed by atoms with Gasteiger partial charge in [0.25, 0.3) is 0 Å². The van der Waals surface area contributed by atoms with Crippen molar-refractivity contribution >= 4 is 24.8 Å². The molecule has 1 aliphatic rings. The molecular formula is C15H29Cl2N3O. The van der Waals surface area contributed by atoms with Gasteiger partial charge in [0.2, 0.25) is 5.89 Å². The van der Waals surface area contributed by atoms with Crippen molar-refractivity contribution in [2.45, 2.75) is 58.0 Å². The van der Waals surface area contributed by atoms with E-state index in [9.17, 15) is 0 Å². The van der Waals surface area contributed by atoms with Crippen LogP contribution in [0.2, 0.25) is 0 Å². The molecule has 21 heavy (non-hydrogen) atoms. The van der Waals surface area contributed by atoms with Crippen molar-refractivity contribution in [1.29, 1.82) is 0 Å². The van der Waals surface area contributed by atoms with Gasteiger partial charge in [0.15, 0.2) is 0 Å². The Balaban J connectivity index is 0.00000200. The lowest BCUT2D eigenvalue weighted by atomic mass is 9.94. The van der Waals surface area contributed by atoms with Gasteiger partial charge < -0.3 is 9.73 Å². The average molecular weight is 338 g/mol. The number of likely N-dealkylation sites (N-methyl/N-ethyl adjacent to an activating group) is 1. The summed E-state index contributed by atoms with van der Waals surface area (Å²) in [7, 11) is 2.04. The minimum atomic E-state index is 0. The van der Waals surface area contributed by atoms with Crippen LogP contribution in [0.3, 0.4) is 0 Å². The first kappa shape index (κ1) is 20.7. The van der Waals surface area contributed by atoms with Crippen molar-refractivity contribution in [2.24, 2.45) is 0 Å². The van der Waals surface area contributed by atoms with Gasteiger partial charge in [-0.2, -0.15) is 0 Å². The molecule has 0 spiro atoms. The largest absolute Gasteiger partial charge is 0.443 e. The van der Waals surface area contributed by atoms with E-state index in [0.29, 0.717) is 6.04 Å². The van der Waals surface area contributed by atoms with Crippen molar-refractivity contribution in [3.05, 3.63) is 17.8 Å². The molecule has 1 aromatic rings. The Bertz CT molecular complexity index is 417. The van der Waals surface area contributed by atoms with Crippen molar-refractivity contribution < 1.29 is 4.42 Å². The standard InChI is InChI=1S/C15H27N3O.2ClH/c1-11(18-8-6-7-12(10-18)16-5)14-17-9-13(19-14)15(2,3)4;;/h9,11-12,16H,6-8,10H2,1-5H3;2*1H. The molecule has 0 saturated carbocycles. The predicted molar refractivity (Wildman–Crippen MR) is 91.8 cm³/mol. The minimum Gasteiger partial charge on any atom is -0.443 e. The van der Waals surface area contributed by atoms with Crippen LogP contribution in [0.5, 0.6) is 0 Å². The Morgan fingerprint density at radius 1 is 1.38 bits per heavy atom. The molecule has 1 fully saturated rings. The van der Waals surface area contributed by atoms with Crippen molar-refractivity contribution in [3.63, 3.8) is 0 Å². The van der Waals surface area contributed by atoms with Crippen LogP contribution in [0.25, 0.3) is 0 Å². The first-order valence-electron chi connectivity index (χ1n) is 7.29. The van der Waals surface area contributed by atoms with Gasteiger partial charge >= 0.3 is 0 Å². The number of nitrogens with zero attached hydrogens (tertiary/aromatic N) is 2. The highest BCUT2D eigenvalue weighted by atomic mass is 35.5. The molecule has 2 atom stereocenters. The zero-order valence-electron chi connectivity index (χ0n) is 13.7. The van der Waals surface area contributed by atoms with E-state index in [4.69, 9.17) is 4.42 Å². The van der Waals surface area contributed by atoms with Crippen molar-refractivity contribution in [3.8, 4) is 0 Å². The molecule has 2 rings (SSSR count). The van der Waals surface area contributed by atoms with E-state index in [1.165, 1.54) is 12.8 Å². The van der Waals surface area contributed by atoms with Gasteiger partial charge in [0.1, 0.15) is 5.76 Å². The Morgan fingerprint density at radius 2 is 2.05 bits per heavy atom. The molecule has 0 bridgehead atoms. The van der Waals surface area contributed by atoms with E-state index in [0.717, 1.165) is 24.7 Å². The minimum absolute atomic E-state index is 0. The maximum atomic E-state index is 5.96.